The van der Waals surface area contributed by atoms with Crippen LogP contribution in [0.2, 0.25) is 5.02 Å². The molecule has 1 saturated heterocycles. The highest BCUT2D eigenvalue weighted by Gasteiger charge is 2.20. The summed E-state index contributed by atoms with van der Waals surface area (Å²) in [7, 11) is 1.81. The van der Waals surface area contributed by atoms with Crippen molar-refractivity contribution in [1.82, 2.24) is 14.8 Å². The van der Waals surface area contributed by atoms with Crippen molar-refractivity contribution in [3.8, 4) is 28.7 Å². The van der Waals surface area contributed by atoms with Crippen molar-refractivity contribution in [2.45, 2.75) is 58.8 Å². The van der Waals surface area contributed by atoms with Crippen molar-refractivity contribution in [3.05, 3.63) is 111 Å². The summed E-state index contributed by atoms with van der Waals surface area (Å²) in [5.41, 5.74) is 8.59. The molecule has 5 rings (SSSR count). The first-order chi connectivity index (χ1) is 24.7. The predicted octanol–water partition coefficient (Wildman–Crippen LogP) is 5.42. The first-order valence-corrected chi connectivity index (χ1v) is 17.6. The number of benzene rings is 3. The van der Waals surface area contributed by atoms with E-state index in [2.05, 4.69) is 54.1 Å². The Bertz CT molecular complexity index is 1810. The molecular formula is C40H47ClN4O6. The molecule has 0 radical (unpaired) electrons. The summed E-state index contributed by atoms with van der Waals surface area (Å²) in [6.45, 7) is 8.20. The Balaban J connectivity index is 1.31. The summed E-state index contributed by atoms with van der Waals surface area (Å²) >= 11 is 6.79. The van der Waals surface area contributed by atoms with Gasteiger partial charge in [-0.2, -0.15) is 5.26 Å². The number of halogens is 1. The SMILES string of the molecule is Cc1c(COCCN2CCC(O)C2)cccc1-c1cccc(COc2cc(OCc3cncc(C#N)c3)c(CN(C)C(CO)CO)cc2Cl)c1C. The molecular weight excluding hydrogens is 668 g/mol. The Morgan fingerprint density at radius 3 is 2.27 bits per heavy atom. The maximum absolute atomic E-state index is 9.78. The van der Waals surface area contributed by atoms with Gasteiger partial charge in [0.1, 0.15) is 30.8 Å². The molecule has 1 aliphatic heterocycles. The number of hydrogen-bond donors (Lipinski definition) is 3. The largest absolute Gasteiger partial charge is 0.488 e. The number of aromatic nitrogens is 1. The van der Waals surface area contributed by atoms with Gasteiger partial charge in [-0.1, -0.05) is 48.0 Å². The average Bonchev–Trinajstić information content (AvgIpc) is 3.55. The van der Waals surface area contributed by atoms with E-state index in [1.165, 1.54) is 11.8 Å². The summed E-state index contributed by atoms with van der Waals surface area (Å²) in [5.74, 6) is 0.975. The van der Waals surface area contributed by atoms with Gasteiger partial charge >= 0.3 is 0 Å². The van der Waals surface area contributed by atoms with E-state index in [4.69, 9.17) is 25.8 Å². The molecule has 1 aliphatic rings. The van der Waals surface area contributed by atoms with E-state index in [1.807, 2.05) is 24.1 Å². The zero-order valence-corrected chi connectivity index (χ0v) is 30.3. The van der Waals surface area contributed by atoms with Crippen LogP contribution in [0.1, 0.15) is 45.4 Å². The van der Waals surface area contributed by atoms with Crippen LogP contribution in [-0.2, 0) is 31.1 Å². The molecule has 0 aliphatic carbocycles. The summed E-state index contributed by atoms with van der Waals surface area (Å²) in [6, 6.07) is 19.4. The molecule has 4 aromatic rings. The number of ether oxygens (including phenoxy) is 3. The minimum Gasteiger partial charge on any atom is -0.488 e. The van der Waals surface area contributed by atoms with Crippen LogP contribution in [0, 0.1) is 25.2 Å². The number of likely N-dealkylation sites (tertiary alicyclic amines) is 1. The van der Waals surface area contributed by atoms with Crippen LogP contribution in [0.5, 0.6) is 11.5 Å². The van der Waals surface area contributed by atoms with Gasteiger partial charge in [-0.15, -0.1) is 0 Å². The van der Waals surface area contributed by atoms with E-state index >= 15 is 0 Å². The molecule has 1 atom stereocenters. The maximum atomic E-state index is 9.78. The highest BCUT2D eigenvalue weighted by atomic mass is 35.5. The first kappa shape index (κ1) is 38.2. The predicted molar refractivity (Wildman–Crippen MR) is 197 cm³/mol. The van der Waals surface area contributed by atoms with Crippen LogP contribution in [0.15, 0.2) is 67.0 Å². The Kier molecular flexibility index (Phi) is 13.8. The monoisotopic (exact) mass is 714 g/mol. The molecule has 1 fully saturated rings. The fourth-order valence-corrected chi connectivity index (χ4v) is 6.52. The number of rotatable bonds is 17. The van der Waals surface area contributed by atoms with E-state index < -0.39 is 6.04 Å². The summed E-state index contributed by atoms with van der Waals surface area (Å²) in [5, 5.41) is 38.9. The van der Waals surface area contributed by atoms with Gasteiger partial charge < -0.3 is 29.5 Å². The fourth-order valence-electron chi connectivity index (χ4n) is 6.28. The number of pyridine rings is 1. The lowest BCUT2D eigenvalue weighted by Crippen LogP contribution is -2.37. The van der Waals surface area contributed by atoms with Crippen molar-refractivity contribution < 1.29 is 29.5 Å². The third-order valence-corrected chi connectivity index (χ3v) is 9.82. The van der Waals surface area contributed by atoms with Crippen LogP contribution < -0.4 is 9.47 Å². The molecule has 0 spiro atoms. The maximum Gasteiger partial charge on any atom is 0.142 e. The van der Waals surface area contributed by atoms with Crippen molar-refractivity contribution in [2.75, 3.05) is 46.5 Å². The summed E-state index contributed by atoms with van der Waals surface area (Å²) in [6.07, 6.45) is 3.75. The average molecular weight is 715 g/mol. The fraction of sp³-hybridized carbons (Fsp3) is 0.400. The number of aliphatic hydroxyl groups excluding tert-OH is 3. The van der Waals surface area contributed by atoms with Gasteiger partial charge in [0.2, 0.25) is 0 Å². The Hall–Kier alpha value is -4.05. The lowest BCUT2D eigenvalue weighted by atomic mass is 9.92. The molecule has 0 amide bonds. The molecule has 3 N–H and O–H groups in total. The van der Waals surface area contributed by atoms with Gasteiger partial charge in [-0.05, 0) is 72.8 Å². The van der Waals surface area contributed by atoms with Crippen LogP contribution in [0.25, 0.3) is 11.1 Å². The molecule has 0 saturated carbocycles. The summed E-state index contributed by atoms with van der Waals surface area (Å²) < 4.78 is 18.6. The van der Waals surface area contributed by atoms with Crippen LogP contribution in [-0.4, -0.2) is 88.8 Å². The number of hydrogen-bond acceptors (Lipinski definition) is 10. The Morgan fingerprint density at radius 1 is 0.941 bits per heavy atom. The highest BCUT2D eigenvalue weighted by Crippen LogP contribution is 2.36. The third-order valence-electron chi connectivity index (χ3n) is 9.52. The molecule has 11 heteroatoms. The van der Waals surface area contributed by atoms with E-state index in [9.17, 15) is 20.6 Å². The van der Waals surface area contributed by atoms with Gasteiger partial charge in [0.05, 0.1) is 49.2 Å². The van der Waals surface area contributed by atoms with Crippen molar-refractivity contribution >= 4 is 11.6 Å². The standard InChI is InChI=1S/C40H47ClN4O6/c1-27-31(25-49-13-12-45-11-10-35(48)21-45)6-4-8-36(27)37-9-5-7-32(28(37)2)26-51-40-16-39(50-24-30-14-29(17-42)18-43-19-30)33(15-38(40)41)20-44(3)34(22-46)23-47/h4-9,14-16,18-19,34-35,46-48H,10-13,20-26H2,1-3H3. The number of aliphatic hydroxyl groups is 3. The topological polar surface area (TPSA) is 132 Å². The van der Waals surface area contributed by atoms with Gasteiger partial charge in [0.25, 0.3) is 0 Å². The summed E-state index contributed by atoms with van der Waals surface area (Å²) in [4.78, 5) is 8.20. The molecule has 3 aromatic carbocycles. The van der Waals surface area contributed by atoms with Crippen molar-refractivity contribution in [2.24, 2.45) is 0 Å². The molecule has 1 unspecified atom stereocenters. The van der Waals surface area contributed by atoms with E-state index in [0.717, 1.165) is 65.0 Å². The second kappa shape index (κ2) is 18.4. The number of likely N-dealkylation sites (N-methyl/N-ethyl adjacent to an activating group) is 1. The van der Waals surface area contributed by atoms with Crippen molar-refractivity contribution in [1.29, 1.82) is 5.26 Å². The third kappa shape index (κ3) is 10.1. The Morgan fingerprint density at radius 2 is 1.63 bits per heavy atom. The number of nitrogens with zero attached hydrogens (tertiary/aromatic N) is 4. The van der Waals surface area contributed by atoms with Gasteiger partial charge in [-0.3, -0.25) is 14.8 Å². The molecule has 10 nitrogen and oxygen atoms in total. The number of β-amino-alcohol motifs (C(OH)–C–C–N with tert-alkyl or cyclic N) is 1. The van der Waals surface area contributed by atoms with Crippen LogP contribution >= 0.6 is 11.6 Å². The first-order valence-electron chi connectivity index (χ1n) is 17.2. The number of nitriles is 1. The molecule has 2 heterocycles. The van der Waals surface area contributed by atoms with Crippen molar-refractivity contribution in [3.63, 3.8) is 0 Å². The van der Waals surface area contributed by atoms with Gasteiger partial charge in [0, 0.05) is 55.8 Å². The smallest absolute Gasteiger partial charge is 0.142 e. The molecule has 0 bridgehead atoms. The van der Waals surface area contributed by atoms with Crippen LogP contribution in [0.4, 0.5) is 0 Å². The Labute approximate surface area is 305 Å². The van der Waals surface area contributed by atoms with Gasteiger partial charge in [-0.25, -0.2) is 0 Å². The quantitative estimate of drug-likeness (QED) is 0.122. The van der Waals surface area contributed by atoms with E-state index in [1.54, 1.807) is 24.4 Å². The van der Waals surface area contributed by atoms with E-state index in [-0.39, 0.29) is 32.5 Å². The lowest BCUT2D eigenvalue weighted by Gasteiger charge is -2.26. The zero-order chi connectivity index (χ0) is 36.3. The zero-order valence-electron chi connectivity index (χ0n) is 29.5. The molecule has 270 valence electrons. The van der Waals surface area contributed by atoms with E-state index in [0.29, 0.717) is 41.8 Å². The minimum absolute atomic E-state index is 0.164. The lowest BCUT2D eigenvalue weighted by molar-refractivity contribution is 0.0866. The highest BCUT2D eigenvalue weighted by molar-refractivity contribution is 6.32. The second-order valence-electron chi connectivity index (χ2n) is 13.1. The van der Waals surface area contributed by atoms with Crippen LogP contribution in [0.3, 0.4) is 0 Å². The minimum atomic E-state index is -0.452. The second-order valence-corrected chi connectivity index (χ2v) is 13.5. The molecule has 1 aromatic heterocycles. The normalized spacial score (nSPS) is 14.7. The van der Waals surface area contributed by atoms with Gasteiger partial charge in [0.15, 0.2) is 0 Å². The molecule has 51 heavy (non-hydrogen) atoms.